The van der Waals surface area contributed by atoms with E-state index in [1.807, 2.05) is 31.2 Å². The number of nitrogens with zero attached hydrogens (tertiary/aromatic N) is 2. The van der Waals surface area contributed by atoms with Crippen LogP contribution in [0, 0.1) is 6.92 Å². The number of nitrogens with two attached hydrogens (primary N) is 1. The Morgan fingerprint density at radius 2 is 2.17 bits per heavy atom. The number of hydrogen-bond donors (Lipinski definition) is 2. The minimum Gasteiger partial charge on any atom is -0.473 e. The summed E-state index contributed by atoms with van der Waals surface area (Å²) in [6.07, 6.45) is 0. The van der Waals surface area contributed by atoms with Crippen LogP contribution in [0.3, 0.4) is 0 Å². The fourth-order valence-corrected chi connectivity index (χ4v) is 1.68. The smallest absolute Gasteiger partial charge is 0.240 e. The van der Waals surface area contributed by atoms with Crippen molar-refractivity contribution in [2.24, 2.45) is 5.84 Å². The van der Waals surface area contributed by atoms with Gasteiger partial charge in [0.15, 0.2) is 0 Å². The fourth-order valence-electron chi connectivity index (χ4n) is 1.46. The van der Waals surface area contributed by atoms with Crippen LogP contribution in [-0.4, -0.2) is 9.97 Å². The molecule has 6 heteroatoms. The zero-order chi connectivity index (χ0) is 13.0. The van der Waals surface area contributed by atoms with Gasteiger partial charge in [-0.1, -0.05) is 23.7 Å². The normalized spacial score (nSPS) is 10.2. The van der Waals surface area contributed by atoms with Crippen LogP contribution in [0.1, 0.15) is 11.3 Å². The molecule has 0 aliphatic carbocycles. The third kappa shape index (κ3) is 3.32. The molecule has 2 rings (SSSR count). The SMILES string of the molecule is Cc1cc(OCc2cccc(Cl)c2)nc(NN)n1. The van der Waals surface area contributed by atoms with E-state index in [4.69, 9.17) is 22.2 Å². The minimum atomic E-state index is 0.330. The third-order valence-corrected chi connectivity index (χ3v) is 2.47. The number of halogens is 1. The highest BCUT2D eigenvalue weighted by atomic mass is 35.5. The maximum atomic E-state index is 5.89. The van der Waals surface area contributed by atoms with Gasteiger partial charge in [-0.25, -0.2) is 10.8 Å². The molecule has 0 spiro atoms. The predicted octanol–water partition coefficient (Wildman–Crippen LogP) is 2.30. The van der Waals surface area contributed by atoms with Crippen molar-refractivity contribution in [2.75, 3.05) is 5.43 Å². The molecule has 3 N–H and O–H groups in total. The van der Waals surface area contributed by atoms with E-state index in [-0.39, 0.29) is 0 Å². The van der Waals surface area contributed by atoms with Gasteiger partial charge in [0.25, 0.3) is 0 Å². The van der Waals surface area contributed by atoms with Crippen molar-refractivity contribution in [1.29, 1.82) is 0 Å². The monoisotopic (exact) mass is 264 g/mol. The number of aromatic nitrogens is 2. The molecule has 0 unspecified atom stereocenters. The van der Waals surface area contributed by atoms with Crippen LogP contribution < -0.4 is 16.0 Å². The quantitative estimate of drug-likeness (QED) is 0.655. The number of benzene rings is 1. The van der Waals surface area contributed by atoms with Crippen molar-refractivity contribution in [1.82, 2.24) is 9.97 Å². The Labute approximate surface area is 110 Å². The Balaban J connectivity index is 2.08. The highest BCUT2D eigenvalue weighted by molar-refractivity contribution is 6.30. The van der Waals surface area contributed by atoms with Gasteiger partial charge in [0, 0.05) is 16.8 Å². The second-order valence-corrected chi connectivity index (χ2v) is 4.17. The maximum Gasteiger partial charge on any atom is 0.240 e. The number of ether oxygens (including phenoxy) is 1. The molecule has 0 atom stereocenters. The number of nitrogens with one attached hydrogen (secondary N) is 1. The zero-order valence-electron chi connectivity index (χ0n) is 9.85. The van der Waals surface area contributed by atoms with Crippen molar-refractivity contribution in [3.05, 3.63) is 46.6 Å². The average molecular weight is 265 g/mol. The molecule has 18 heavy (non-hydrogen) atoms. The standard InChI is InChI=1S/C12H13ClN4O/c1-8-5-11(16-12(15-8)17-14)18-7-9-3-2-4-10(13)6-9/h2-6H,7,14H2,1H3,(H,15,16,17). The van der Waals surface area contributed by atoms with Crippen molar-refractivity contribution in [3.63, 3.8) is 0 Å². The van der Waals surface area contributed by atoms with Gasteiger partial charge in [0.05, 0.1) is 0 Å². The molecule has 1 aromatic carbocycles. The number of nitrogen functional groups attached to an aromatic ring is 1. The molecule has 0 radical (unpaired) electrons. The lowest BCUT2D eigenvalue weighted by Gasteiger charge is -2.07. The molecule has 0 saturated carbocycles. The van der Waals surface area contributed by atoms with Crippen LogP contribution in [0.4, 0.5) is 5.95 Å². The van der Waals surface area contributed by atoms with E-state index in [2.05, 4.69) is 15.4 Å². The molecule has 0 saturated heterocycles. The van der Waals surface area contributed by atoms with E-state index in [1.165, 1.54) is 0 Å². The topological polar surface area (TPSA) is 73.1 Å². The predicted molar refractivity (Wildman–Crippen MR) is 70.4 cm³/mol. The number of anilines is 1. The van der Waals surface area contributed by atoms with Gasteiger partial charge in [0.2, 0.25) is 11.8 Å². The summed E-state index contributed by atoms with van der Waals surface area (Å²) >= 11 is 5.89. The second kappa shape index (κ2) is 5.66. The van der Waals surface area contributed by atoms with Crippen LogP contribution >= 0.6 is 11.6 Å². The van der Waals surface area contributed by atoms with Crippen LogP contribution in [0.15, 0.2) is 30.3 Å². The summed E-state index contributed by atoms with van der Waals surface area (Å²) in [5.74, 6) is 6.06. The van der Waals surface area contributed by atoms with Crippen molar-refractivity contribution >= 4 is 17.5 Å². The first-order chi connectivity index (χ1) is 8.67. The third-order valence-electron chi connectivity index (χ3n) is 2.24. The summed E-state index contributed by atoms with van der Waals surface area (Å²) in [5, 5.41) is 0.680. The molecule has 5 nitrogen and oxygen atoms in total. The zero-order valence-corrected chi connectivity index (χ0v) is 10.6. The Kier molecular flexibility index (Phi) is 3.96. The summed E-state index contributed by atoms with van der Waals surface area (Å²) < 4.78 is 5.57. The van der Waals surface area contributed by atoms with Crippen LogP contribution in [-0.2, 0) is 6.61 Å². The number of hydrogen-bond acceptors (Lipinski definition) is 5. The lowest BCUT2D eigenvalue weighted by Crippen LogP contribution is -2.11. The van der Waals surface area contributed by atoms with Crippen LogP contribution in [0.2, 0.25) is 5.02 Å². The molecule has 0 aliphatic heterocycles. The molecular weight excluding hydrogens is 252 g/mol. The summed E-state index contributed by atoms with van der Waals surface area (Å²) in [4.78, 5) is 8.16. The van der Waals surface area contributed by atoms with E-state index in [0.29, 0.717) is 23.5 Å². The first kappa shape index (κ1) is 12.6. The molecule has 0 aliphatic rings. The molecule has 94 valence electrons. The summed E-state index contributed by atoms with van der Waals surface area (Å²) in [6, 6.07) is 9.21. The number of rotatable bonds is 4. The molecule has 1 heterocycles. The Morgan fingerprint density at radius 3 is 2.89 bits per heavy atom. The lowest BCUT2D eigenvalue weighted by atomic mass is 10.2. The molecule has 0 amide bonds. The van der Waals surface area contributed by atoms with E-state index < -0.39 is 0 Å². The summed E-state index contributed by atoms with van der Waals surface area (Å²) in [6.45, 7) is 2.23. The summed E-state index contributed by atoms with van der Waals surface area (Å²) in [7, 11) is 0. The molecule has 0 fully saturated rings. The van der Waals surface area contributed by atoms with Gasteiger partial charge in [-0.3, -0.25) is 5.43 Å². The second-order valence-electron chi connectivity index (χ2n) is 3.73. The minimum absolute atomic E-state index is 0.330. The first-order valence-electron chi connectivity index (χ1n) is 5.37. The first-order valence-corrected chi connectivity index (χ1v) is 5.75. The fraction of sp³-hybridized carbons (Fsp3) is 0.167. The van der Waals surface area contributed by atoms with Gasteiger partial charge < -0.3 is 4.74 Å². The lowest BCUT2D eigenvalue weighted by molar-refractivity contribution is 0.293. The van der Waals surface area contributed by atoms with E-state index in [9.17, 15) is 0 Å². The molecule has 0 bridgehead atoms. The molecule has 2 aromatic rings. The van der Waals surface area contributed by atoms with E-state index in [0.717, 1.165) is 11.3 Å². The van der Waals surface area contributed by atoms with Crippen molar-refractivity contribution < 1.29 is 4.74 Å². The molecule has 1 aromatic heterocycles. The van der Waals surface area contributed by atoms with Crippen LogP contribution in [0.5, 0.6) is 5.88 Å². The van der Waals surface area contributed by atoms with Gasteiger partial charge in [-0.2, -0.15) is 4.98 Å². The highest BCUT2D eigenvalue weighted by Gasteiger charge is 2.02. The van der Waals surface area contributed by atoms with Crippen LogP contribution in [0.25, 0.3) is 0 Å². The van der Waals surface area contributed by atoms with E-state index >= 15 is 0 Å². The summed E-state index contributed by atoms with van der Waals surface area (Å²) in [5.41, 5.74) is 4.14. The highest BCUT2D eigenvalue weighted by Crippen LogP contribution is 2.15. The maximum absolute atomic E-state index is 5.89. The van der Waals surface area contributed by atoms with E-state index in [1.54, 1.807) is 6.07 Å². The van der Waals surface area contributed by atoms with Gasteiger partial charge in [-0.15, -0.1) is 0 Å². The van der Waals surface area contributed by atoms with Gasteiger partial charge >= 0.3 is 0 Å². The Hall–Kier alpha value is -1.85. The van der Waals surface area contributed by atoms with Gasteiger partial charge in [0.1, 0.15) is 6.61 Å². The van der Waals surface area contributed by atoms with Gasteiger partial charge in [-0.05, 0) is 24.6 Å². The Bertz CT molecular complexity index is 547. The number of aryl methyl sites for hydroxylation is 1. The Morgan fingerprint density at radius 1 is 1.33 bits per heavy atom. The molecular formula is C12H13ClN4O. The average Bonchev–Trinajstić information content (AvgIpc) is 2.36. The number of hydrazine groups is 1. The van der Waals surface area contributed by atoms with Crippen molar-refractivity contribution in [2.45, 2.75) is 13.5 Å². The largest absolute Gasteiger partial charge is 0.473 e. The van der Waals surface area contributed by atoms with Crippen molar-refractivity contribution in [3.8, 4) is 5.88 Å².